The molecule has 1 rings (SSSR count). The molecule has 118 valence electrons. The third kappa shape index (κ3) is 6.80. The molecule has 0 saturated carbocycles. The fourth-order valence-electron chi connectivity index (χ4n) is 1.69. The van der Waals surface area contributed by atoms with Crippen LogP contribution in [0, 0.1) is 0 Å². The number of carbonyl (C=O) groups is 1. The molecular weight excluding hydrogens is 402 g/mol. The van der Waals surface area contributed by atoms with E-state index in [0.717, 1.165) is 34.0 Å². The quantitative estimate of drug-likeness (QED) is 0.507. The minimum atomic E-state index is -0.377. The monoisotopic (exact) mass is 421 g/mol. The van der Waals surface area contributed by atoms with Crippen molar-refractivity contribution in [3.63, 3.8) is 0 Å². The van der Waals surface area contributed by atoms with E-state index in [2.05, 4.69) is 44.1 Å². The first-order valence-corrected chi connectivity index (χ1v) is 8.53. The van der Waals surface area contributed by atoms with Gasteiger partial charge in [-0.15, -0.1) is 0 Å². The molecule has 0 atom stereocenters. The summed E-state index contributed by atoms with van der Waals surface area (Å²) in [5.74, 6) is 0.229. The lowest BCUT2D eigenvalue weighted by Gasteiger charge is -2.13. The standard InChI is InChI=1S/C15H21Br2NO3/c1-4-5-18-8-11-6-12(16)15(13(17)7-11)20-9-14(19)21-10(2)3/h6-7,10,18H,4-5,8-9H2,1-3H3. The zero-order valence-electron chi connectivity index (χ0n) is 12.5. The smallest absolute Gasteiger partial charge is 0.344 e. The molecule has 4 nitrogen and oxygen atoms in total. The molecule has 0 spiro atoms. The molecular formula is C15H21Br2NO3. The summed E-state index contributed by atoms with van der Waals surface area (Å²) in [6.45, 7) is 7.41. The average molecular weight is 423 g/mol. The largest absolute Gasteiger partial charge is 0.480 e. The van der Waals surface area contributed by atoms with Crippen molar-refractivity contribution in [2.24, 2.45) is 0 Å². The van der Waals surface area contributed by atoms with Crippen molar-refractivity contribution in [2.45, 2.75) is 39.8 Å². The highest BCUT2D eigenvalue weighted by Gasteiger charge is 2.12. The summed E-state index contributed by atoms with van der Waals surface area (Å²) in [6.07, 6.45) is 0.960. The number of nitrogens with one attached hydrogen (secondary N) is 1. The van der Waals surface area contributed by atoms with Crippen molar-refractivity contribution in [1.29, 1.82) is 0 Å². The number of hydrogen-bond donors (Lipinski definition) is 1. The van der Waals surface area contributed by atoms with Crippen LogP contribution in [0.3, 0.4) is 0 Å². The van der Waals surface area contributed by atoms with E-state index in [0.29, 0.717) is 5.75 Å². The molecule has 0 fully saturated rings. The molecule has 0 unspecified atom stereocenters. The summed E-state index contributed by atoms with van der Waals surface area (Å²) < 4.78 is 12.2. The van der Waals surface area contributed by atoms with Crippen molar-refractivity contribution in [1.82, 2.24) is 5.32 Å². The average Bonchev–Trinajstić information content (AvgIpc) is 2.37. The van der Waals surface area contributed by atoms with Crippen LogP contribution in [0.25, 0.3) is 0 Å². The first-order valence-electron chi connectivity index (χ1n) is 6.95. The molecule has 1 aromatic rings. The van der Waals surface area contributed by atoms with E-state index >= 15 is 0 Å². The summed E-state index contributed by atoms with van der Waals surface area (Å²) in [6, 6.07) is 3.97. The van der Waals surface area contributed by atoms with Crippen LogP contribution in [-0.2, 0) is 16.1 Å². The Labute approximate surface area is 142 Å². The van der Waals surface area contributed by atoms with Crippen LogP contribution >= 0.6 is 31.9 Å². The van der Waals surface area contributed by atoms with E-state index in [-0.39, 0.29) is 18.7 Å². The Morgan fingerprint density at radius 3 is 2.43 bits per heavy atom. The predicted octanol–water partition coefficient (Wildman–Crippen LogP) is 4.04. The second kappa shape index (κ2) is 9.43. The maximum absolute atomic E-state index is 11.5. The number of esters is 1. The molecule has 0 aliphatic heterocycles. The van der Waals surface area contributed by atoms with Crippen LogP contribution in [0.15, 0.2) is 21.1 Å². The molecule has 0 aromatic heterocycles. The van der Waals surface area contributed by atoms with Crippen LogP contribution in [0.4, 0.5) is 0 Å². The van der Waals surface area contributed by atoms with Gasteiger partial charge in [-0.1, -0.05) is 6.92 Å². The van der Waals surface area contributed by atoms with E-state index in [1.54, 1.807) is 0 Å². The Morgan fingerprint density at radius 1 is 1.29 bits per heavy atom. The Hall–Kier alpha value is -0.590. The molecule has 0 saturated heterocycles. The minimum absolute atomic E-state index is 0.108. The van der Waals surface area contributed by atoms with Gasteiger partial charge in [0, 0.05) is 6.54 Å². The molecule has 0 bridgehead atoms. The third-order valence-electron chi connectivity index (χ3n) is 2.52. The van der Waals surface area contributed by atoms with Gasteiger partial charge in [0.2, 0.25) is 0 Å². The van der Waals surface area contributed by atoms with Crippen molar-refractivity contribution < 1.29 is 14.3 Å². The van der Waals surface area contributed by atoms with E-state index < -0.39 is 0 Å². The van der Waals surface area contributed by atoms with Gasteiger partial charge in [-0.3, -0.25) is 0 Å². The zero-order valence-corrected chi connectivity index (χ0v) is 15.7. The molecule has 0 amide bonds. The van der Waals surface area contributed by atoms with Gasteiger partial charge >= 0.3 is 5.97 Å². The van der Waals surface area contributed by atoms with Crippen LogP contribution in [0.5, 0.6) is 5.75 Å². The maximum Gasteiger partial charge on any atom is 0.344 e. The maximum atomic E-state index is 11.5. The van der Waals surface area contributed by atoms with E-state index in [4.69, 9.17) is 9.47 Å². The van der Waals surface area contributed by atoms with Crippen LogP contribution in [0.1, 0.15) is 32.8 Å². The fourth-order valence-corrected chi connectivity index (χ4v) is 3.20. The van der Waals surface area contributed by atoms with Gasteiger partial charge in [0.25, 0.3) is 0 Å². The highest BCUT2D eigenvalue weighted by atomic mass is 79.9. The van der Waals surface area contributed by atoms with E-state index in [1.807, 2.05) is 26.0 Å². The lowest BCUT2D eigenvalue weighted by molar-refractivity contribution is -0.149. The fraction of sp³-hybridized carbons (Fsp3) is 0.533. The minimum Gasteiger partial charge on any atom is -0.480 e. The molecule has 1 aromatic carbocycles. The lowest BCUT2D eigenvalue weighted by atomic mass is 10.2. The number of ether oxygens (including phenoxy) is 2. The van der Waals surface area contributed by atoms with Gasteiger partial charge < -0.3 is 14.8 Å². The van der Waals surface area contributed by atoms with Crippen molar-refractivity contribution in [2.75, 3.05) is 13.2 Å². The highest BCUT2D eigenvalue weighted by Crippen LogP contribution is 2.34. The normalized spacial score (nSPS) is 10.8. The molecule has 6 heteroatoms. The summed E-state index contributed by atoms with van der Waals surface area (Å²) in [7, 11) is 0. The second-order valence-corrected chi connectivity index (χ2v) is 6.60. The number of rotatable bonds is 8. The summed E-state index contributed by atoms with van der Waals surface area (Å²) >= 11 is 6.95. The molecule has 1 N–H and O–H groups in total. The summed E-state index contributed by atoms with van der Waals surface area (Å²) in [5.41, 5.74) is 1.14. The first kappa shape index (κ1) is 18.5. The Balaban J connectivity index is 2.65. The SMILES string of the molecule is CCCNCc1cc(Br)c(OCC(=O)OC(C)C)c(Br)c1. The van der Waals surface area contributed by atoms with E-state index in [1.165, 1.54) is 0 Å². The second-order valence-electron chi connectivity index (χ2n) is 4.89. The van der Waals surface area contributed by atoms with Gasteiger partial charge in [0.05, 0.1) is 15.0 Å². The topological polar surface area (TPSA) is 47.6 Å². The Kier molecular flexibility index (Phi) is 8.29. The molecule has 0 heterocycles. The predicted molar refractivity (Wildman–Crippen MR) is 90.6 cm³/mol. The highest BCUT2D eigenvalue weighted by molar-refractivity contribution is 9.11. The Bertz CT molecular complexity index is 455. The van der Waals surface area contributed by atoms with Gasteiger partial charge in [-0.25, -0.2) is 4.79 Å². The summed E-state index contributed by atoms with van der Waals surface area (Å²) in [5, 5.41) is 3.34. The van der Waals surface area contributed by atoms with Crippen LogP contribution < -0.4 is 10.1 Å². The molecule has 0 aliphatic rings. The number of halogens is 2. The van der Waals surface area contributed by atoms with E-state index in [9.17, 15) is 4.79 Å². The van der Waals surface area contributed by atoms with Crippen molar-refractivity contribution >= 4 is 37.8 Å². The van der Waals surface area contributed by atoms with Crippen LogP contribution in [-0.4, -0.2) is 25.2 Å². The van der Waals surface area contributed by atoms with Gasteiger partial charge in [-0.05, 0) is 76.4 Å². The van der Waals surface area contributed by atoms with Crippen molar-refractivity contribution in [3.8, 4) is 5.75 Å². The number of benzene rings is 1. The zero-order chi connectivity index (χ0) is 15.8. The van der Waals surface area contributed by atoms with Crippen LogP contribution in [0.2, 0.25) is 0 Å². The van der Waals surface area contributed by atoms with Gasteiger partial charge in [0.15, 0.2) is 6.61 Å². The lowest BCUT2D eigenvalue weighted by Crippen LogP contribution is -2.19. The Morgan fingerprint density at radius 2 is 1.90 bits per heavy atom. The van der Waals surface area contributed by atoms with Gasteiger partial charge in [-0.2, -0.15) is 0 Å². The number of hydrogen-bond acceptors (Lipinski definition) is 4. The first-order chi connectivity index (χ1) is 9.93. The number of carbonyl (C=O) groups excluding carboxylic acids is 1. The summed E-state index contributed by atoms with van der Waals surface area (Å²) in [4.78, 5) is 11.5. The van der Waals surface area contributed by atoms with Crippen molar-refractivity contribution in [3.05, 3.63) is 26.6 Å². The molecule has 0 aliphatic carbocycles. The third-order valence-corrected chi connectivity index (χ3v) is 3.69. The van der Waals surface area contributed by atoms with Gasteiger partial charge in [0.1, 0.15) is 5.75 Å². The molecule has 0 radical (unpaired) electrons. The molecule has 21 heavy (non-hydrogen) atoms.